The summed E-state index contributed by atoms with van der Waals surface area (Å²) < 4.78 is 30.8. The van der Waals surface area contributed by atoms with Crippen molar-refractivity contribution in [1.29, 1.82) is 0 Å². The number of ether oxygens (including phenoxy) is 1. The summed E-state index contributed by atoms with van der Waals surface area (Å²) >= 11 is 0. The van der Waals surface area contributed by atoms with Gasteiger partial charge >= 0.3 is 0 Å². The maximum absolute atomic E-state index is 13.1. The first kappa shape index (κ1) is 11.6. The van der Waals surface area contributed by atoms with E-state index >= 15 is 0 Å². The van der Waals surface area contributed by atoms with E-state index in [1.54, 1.807) is 6.92 Å². The summed E-state index contributed by atoms with van der Waals surface area (Å²) in [6, 6.07) is 0.697. The molecule has 0 fully saturated rings. The minimum atomic E-state index is -0.863. The van der Waals surface area contributed by atoms with Gasteiger partial charge < -0.3 is 15.8 Å². The van der Waals surface area contributed by atoms with E-state index in [2.05, 4.69) is 10.3 Å². The number of rotatable bonds is 4. The first-order valence-corrected chi connectivity index (χ1v) is 4.42. The van der Waals surface area contributed by atoms with E-state index in [4.69, 9.17) is 10.5 Å². The lowest BCUT2D eigenvalue weighted by Gasteiger charge is -2.12. The van der Waals surface area contributed by atoms with Gasteiger partial charge in [-0.1, -0.05) is 0 Å². The lowest BCUT2D eigenvalue weighted by atomic mass is 10.3. The molecule has 0 aliphatic heterocycles. The number of hydrogen-bond donors (Lipinski definition) is 2. The Hall–Kier alpha value is -1.43. The van der Waals surface area contributed by atoms with E-state index in [9.17, 15) is 8.78 Å². The van der Waals surface area contributed by atoms with Crippen molar-refractivity contribution in [3.8, 4) is 0 Å². The smallest absolute Gasteiger partial charge is 0.168 e. The number of aromatic nitrogens is 1. The van der Waals surface area contributed by atoms with Crippen molar-refractivity contribution in [1.82, 2.24) is 4.98 Å². The van der Waals surface area contributed by atoms with Crippen molar-refractivity contribution < 1.29 is 13.5 Å². The van der Waals surface area contributed by atoms with Gasteiger partial charge in [0.15, 0.2) is 23.3 Å². The Morgan fingerprint density at radius 2 is 2.20 bits per heavy atom. The Morgan fingerprint density at radius 3 is 2.80 bits per heavy atom. The number of nitrogens with zero attached hydrogens (tertiary/aromatic N) is 1. The van der Waals surface area contributed by atoms with E-state index in [0.29, 0.717) is 12.6 Å². The summed E-state index contributed by atoms with van der Waals surface area (Å²) in [5.41, 5.74) is 5.20. The third-order valence-corrected chi connectivity index (χ3v) is 1.92. The number of methoxy groups -OCH3 is 1. The molecule has 0 bridgehead atoms. The van der Waals surface area contributed by atoms with Crippen molar-refractivity contribution in [3.05, 3.63) is 17.7 Å². The van der Waals surface area contributed by atoms with E-state index in [1.165, 1.54) is 7.11 Å². The molecule has 3 N–H and O–H groups in total. The van der Waals surface area contributed by atoms with Crippen LogP contribution >= 0.6 is 0 Å². The average molecular weight is 217 g/mol. The first-order valence-electron chi connectivity index (χ1n) is 4.42. The van der Waals surface area contributed by atoms with Crippen LogP contribution in [0.4, 0.5) is 20.4 Å². The maximum atomic E-state index is 13.1. The van der Waals surface area contributed by atoms with Gasteiger partial charge in [-0.2, -0.15) is 0 Å². The second-order valence-electron chi connectivity index (χ2n) is 3.11. The zero-order chi connectivity index (χ0) is 11.4. The van der Waals surface area contributed by atoms with Crippen LogP contribution < -0.4 is 11.1 Å². The van der Waals surface area contributed by atoms with Crippen molar-refractivity contribution >= 4 is 11.6 Å². The van der Waals surface area contributed by atoms with Crippen LogP contribution in [-0.4, -0.2) is 24.7 Å². The molecule has 0 aromatic carbocycles. The Kier molecular flexibility index (Phi) is 3.79. The molecule has 1 heterocycles. The molecule has 15 heavy (non-hydrogen) atoms. The monoisotopic (exact) mass is 217 g/mol. The minimum absolute atomic E-state index is 0.0715. The molecule has 0 aliphatic rings. The summed E-state index contributed by atoms with van der Waals surface area (Å²) in [6.45, 7) is 2.17. The maximum Gasteiger partial charge on any atom is 0.168 e. The van der Waals surface area contributed by atoms with Crippen molar-refractivity contribution in [2.75, 3.05) is 24.7 Å². The zero-order valence-electron chi connectivity index (χ0n) is 8.55. The standard InChI is InChI=1S/C9H13F2N3O/c1-5(15-2)4-13-9-7(11)3-6(10)8(12)14-9/h3,5H,4H2,1-2H3,(H3,12,13,14). The van der Waals surface area contributed by atoms with Gasteiger partial charge in [-0.25, -0.2) is 13.8 Å². The first-order chi connectivity index (χ1) is 7.04. The molecule has 0 saturated carbocycles. The molecule has 1 aromatic heterocycles. The van der Waals surface area contributed by atoms with Crippen LogP contribution in [0.1, 0.15) is 6.92 Å². The van der Waals surface area contributed by atoms with Gasteiger partial charge in [0.25, 0.3) is 0 Å². The number of nitrogen functional groups attached to an aromatic ring is 1. The second kappa shape index (κ2) is 4.88. The van der Waals surface area contributed by atoms with Gasteiger partial charge in [0.1, 0.15) is 0 Å². The predicted octanol–water partition coefficient (Wildman–Crippen LogP) is 1.39. The number of anilines is 2. The SMILES string of the molecule is COC(C)CNc1nc(N)c(F)cc1F. The molecular weight excluding hydrogens is 204 g/mol. The van der Waals surface area contributed by atoms with Crippen molar-refractivity contribution in [3.63, 3.8) is 0 Å². The molecule has 1 atom stereocenters. The van der Waals surface area contributed by atoms with Crippen molar-refractivity contribution in [2.45, 2.75) is 13.0 Å². The zero-order valence-corrected chi connectivity index (χ0v) is 8.55. The second-order valence-corrected chi connectivity index (χ2v) is 3.11. The van der Waals surface area contributed by atoms with Crippen LogP contribution in [0.15, 0.2) is 6.07 Å². The fourth-order valence-corrected chi connectivity index (χ4v) is 0.929. The van der Waals surface area contributed by atoms with E-state index in [1.807, 2.05) is 0 Å². The van der Waals surface area contributed by atoms with Gasteiger partial charge in [-0.3, -0.25) is 0 Å². The van der Waals surface area contributed by atoms with Crippen LogP contribution in [0.25, 0.3) is 0 Å². The molecule has 0 amide bonds. The summed E-state index contributed by atoms with van der Waals surface area (Å²) in [7, 11) is 1.54. The fourth-order valence-electron chi connectivity index (χ4n) is 0.929. The van der Waals surface area contributed by atoms with Gasteiger partial charge in [-0.15, -0.1) is 0 Å². The molecule has 1 aromatic rings. The summed E-state index contributed by atoms with van der Waals surface area (Å²) in [5, 5.41) is 2.67. The molecule has 1 rings (SSSR count). The minimum Gasteiger partial charge on any atom is -0.381 e. The van der Waals surface area contributed by atoms with E-state index in [-0.39, 0.29) is 17.7 Å². The quantitative estimate of drug-likeness (QED) is 0.800. The topological polar surface area (TPSA) is 60.2 Å². The highest BCUT2D eigenvalue weighted by atomic mass is 19.1. The van der Waals surface area contributed by atoms with Crippen molar-refractivity contribution in [2.24, 2.45) is 0 Å². The fraction of sp³-hybridized carbons (Fsp3) is 0.444. The third kappa shape index (κ3) is 3.02. The van der Waals surface area contributed by atoms with Gasteiger partial charge in [0, 0.05) is 19.7 Å². The van der Waals surface area contributed by atoms with E-state index in [0.717, 1.165) is 0 Å². The number of halogens is 2. The highest BCUT2D eigenvalue weighted by molar-refractivity contribution is 5.44. The Balaban J connectivity index is 2.73. The Morgan fingerprint density at radius 1 is 1.53 bits per heavy atom. The predicted molar refractivity (Wildman–Crippen MR) is 53.5 cm³/mol. The van der Waals surface area contributed by atoms with Gasteiger partial charge in [-0.05, 0) is 6.92 Å². The van der Waals surface area contributed by atoms with Crippen LogP contribution in [0, 0.1) is 11.6 Å². The van der Waals surface area contributed by atoms with Crippen LogP contribution in [0.2, 0.25) is 0 Å². The lowest BCUT2D eigenvalue weighted by molar-refractivity contribution is 0.128. The molecule has 1 unspecified atom stereocenters. The molecule has 6 heteroatoms. The molecule has 0 saturated heterocycles. The Labute approximate surface area is 86.4 Å². The lowest BCUT2D eigenvalue weighted by Crippen LogP contribution is -2.19. The highest BCUT2D eigenvalue weighted by Gasteiger charge is 2.10. The number of nitrogens with one attached hydrogen (secondary N) is 1. The molecule has 0 radical (unpaired) electrons. The molecule has 84 valence electrons. The van der Waals surface area contributed by atoms with Crippen LogP contribution in [0.3, 0.4) is 0 Å². The molecule has 0 aliphatic carbocycles. The van der Waals surface area contributed by atoms with Crippen LogP contribution in [-0.2, 0) is 4.74 Å². The van der Waals surface area contributed by atoms with Gasteiger partial charge in [0.05, 0.1) is 6.10 Å². The third-order valence-electron chi connectivity index (χ3n) is 1.92. The number of hydrogen-bond acceptors (Lipinski definition) is 4. The summed E-state index contributed by atoms with van der Waals surface area (Å²) in [5.74, 6) is -2.04. The number of pyridine rings is 1. The molecule has 0 spiro atoms. The summed E-state index contributed by atoms with van der Waals surface area (Å²) in [6.07, 6.45) is -0.0996. The molecule has 4 nitrogen and oxygen atoms in total. The van der Waals surface area contributed by atoms with Crippen LogP contribution in [0.5, 0.6) is 0 Å². The highest BCUT2D eigenvalue weighted by Crippen LogP contribution is 2.16. The number of nitrogens with two attached hydrogens (primary N) is 1. The largest absolute Gasteiger partial charge is 0.381 e. The Bertz CT molecular complexity index is 346. The normalized spacial score (nSPS) is 12.5. The molecular formula is C9H13F2N3O. The summed E-state index contributed by atoms with van der Waals surface area (Å²) in [4.78, 5) is 3.54. The van der Waals surface area contributed by atoms with E-state index < -0.39 is 11.6 Å². The van der Waals surface area contributed by atoms with Gasteiger partial charge in [0.2, 0.25) is 0 Å². The average Bonchev–Trinajstić information content (AvgIpc) is 2.21.